The standard InChI is InChI=1S/C16H26I2N2O3/c1-11(19-5-7-21-15(17)9-19)13(3)23-14(4)12(2)20-6-8-22-16(18)10-20/h11-12,15-16H,3-10H2,1-2H3. The van der Waals surface area contributed by atoms with Gasteiger partial charge in [-0.2, -0.15) is 0 Å². The Morgan fingerprint density at radius 1 is 0.957 bits per heavy atom. The summed E-state index contributed by atoms with van der Waals surface area (Å²) in [7, 11) is 0. The number of nitrogens with zero attached hydrogens (tertiary/aromatic N) is 2. The van der Waals surface area contributed by atoms with Crippen molar-refractivity contribution in [3.05, 3.63) is 24.7 Å². The third-order valence-corrected chi connectivity index (χ3v) is 5.91. The number of hydrogen-bond donors (Lipinski definition) is 0. The van der Waals surface area contributed by atoms with Crippen molar-refractivity contribution in [2.24, 2.45) is 0 Å². The first-order valence-electron chi connectivity index (χ1n) is 7.93. The van der Waals surface area contributed by atoms with E-state index in [-0.39, 0.29) is 20.3 Å². The average molecular weight is 548 g/mol. The molecular weight excluding hydrogens is 522 g/mol. The topological polar surface area (TPSA) is 34.2 Å². The summed E-state index contributed by atoms with van der Waals surface area (Å²) in [6.07, 6.45) is 0. The number of alkyl halides is 2. The second kappa shape index (κ2) is 9.33. The van der Waals surface area contributed by atoms with E-state index in [9.17, 15) is 0 Å². The van der Waals surface area contributed by atoms with Crippen molar-refractivity contribution < 1.29 is 14.2 Å². The van der Waals surface area contributed by atoms with E-state index in [1.165, 1.54) is 0 Å². The van der Waals surface area contributed by atoms with E-state index in [2.05, 4.69) is 82.0 Å². The van der Waals surface area contributed by atoms with Crippen LogP contribution in [0.2, 0.25) is 0 Å². The van der Waals surface area contributed by atoms with Gasteiger partial charge >= 0.3 is 0 Å². The largest absolute Gasteiger partial charge is 0.464 e. The zero-order chi connectivity index (χ0) is 17.0. The van der Waals surface area contributed by atoms with Gasteiger partial charge in [0, 0.05) is 26.2 Å². The van der Waals surface area contributed by atoms with Gasteiger partial charge in [-0.3, -0.25) is 9.80 Å². The molecule has 2 heterocycles. The fourth-order valence-electron chi connectivity index (χ4n) is 2.70. The summed E-state index contributed by atoms with van der Waals surface area (Å²) in [6, 6.07) is 0.309. The van der Waals surface area contributed by atoms with Gasteiger partial charge in [-0.25, -0.2) is 0 Å². The monoisotopic (exact) mass is 548 g/mol. The van der Waals surface area contributed by atoms with Crippen LogP contribution in [0.1, 0.15) is 13.8 Å². The molecule has 132 valence electrons. The molecule has 0 aromatic carbocycles. The number of hydrogen-bond acceptors (Lipinski definition) is 5. The van der Waals surface area contributed by atoms with Crippen LogP contribution in [-0.2, 0) is 14.2 Å². The second-order valence-electron chi connectivity index (χ2n) is 5.94. The number of halogens is 2. The Labute approximate surface area is 166 Å². The number of rotatable bonds is 6. The normalized spacial score (nSPS) is 29.7. The third kappa shape index (κ3) is 5.81. The molecule has 2 aliphatic heterocycles. The van der Waals surface area contributed by atoms with Crippen molar-refractivity contribution >= 4 is 45.2 Å². The molecular formula is C16H26I2N2O3. The van der Waals surface area contributed by atoms with Gasteiger partial charge in [0.05, 0.1) is 25.3 Å². The van der Waals surface area contributed by atoms with E-state index in [0.29, 0.717) is 0 Å². The lowest BCUT2D eigenvalue weighted by atomic mass is 10.2. The summed E-state index contributed by atoms with van der Waals surface area (Å²) < 4.78 is 17.6. The molecule has 0 aromatic rings. The minimum Gasteiger partial charge on any atom is -0.464 e. The Hall–Kier alpha value is 0.580. The van der Waals surface area contributed by atoms with E-state index in [1.807, 2.05) is 0 Å². The highest BCUT2D eigenvalue weighted by Gasteiger charge is 2.28. The highest BCUT2D eigenvalue weighted by atomic mass is 127. The van der Waals surface area contributed by atoms with E-state index >= 15 is 0 Å². The lowest BCUT2D eigenvalue weighted by molar-refractivity contribution is -0.00125. The van der Waals surface area contributed by atoms with Gasteiger partial charge < -0.3 is 14.2 Å². The predicted octanol–water partition coefficient (Wildman–Crippen LogP) is 2.99. The zero-order valence-corrected chi connectivity index (χ0v) is 18.2. The van der Waals surface area contributed by atoms with E-state index < -0.39 is 0 Å². The Kier molecular flexibility index (Phi) is 8.07. The van der Waals surface area contributed by atoms with Crippen LogP contribution in [0, 0.1) is 0 Å². The molecule has 0 radical (unpaired) electrons. The maximum absolute atomic E-state index is 5.99. The molecule has 2 rings (SSSR count). The van der Waals surface area contributed by atoms with E-state index in [4.69, 9.17) is 14.2 Å². The molecule has 5 nitrogen and oxygen atoms in total. The lowest BCUT2D eigenvalue weighted by Crippen LogP contribution is -2.47. The molecule has 0 N–H and O–H groups in total. The van der Waals surface area contributed by atoms with Gasteiger partial charge in [0.15, 0.2) is 0 Å². The van der Waals surface area contributed by atoms with Crippen molar-refractivity contribution in [3.63, 3.8) is 0 Å². The maximum Gasteiger partial charge on any atom is 0.121 e. The van der Waals surface area contributed by atoms with Crippen LogP contribution in [0.5, 0.6) is 0 Å². The smallest absolute Gasteiger partial charge is 0.121 e. The van der Waals surface area contributed by atoms with Gasteiger partial charge in [-0.1, -0.05) is 13.2 Å². The summed E-state index contributed by atoms with van der Waals surface area (Å²) in [6.45, 7) is 17.6. The summed E-state index contributed by atoms with van der Waals surface area (Å²) in [5, 5.41) is 0. The lowest BCUT2D eigenvalue weighted by Gasteiger charge is -2.37. The van der Waals surface area contributed by atoms with Crippen LogP contribution < -0.4 is 0 Å². The maximum atomic E-state index is 5.99. The van der Waals surface area contributed by atoms with Crippen molar-refractivity contribution in [2.45, 2.75) is 34.2 Å². The van der Waals surface area contributed by atoms with Gasteiger partial charge in [0.1, 0.15) is 19.7 Å². The van der Waals surface area contributed by atoms with E-state index in [1.54, 1.807) is 0 Å². The number of morpholine rings is 2. The molecule has 0 amide bonds. The van der Waals surface area contributed by atoms with Crippen molar-refractivity contribution in [1.82, 2.24) is 9.80 Å². The molecule has 2 aliphatic rings. The minimum atomic E-state index is 0.155. The van der Waals surface area contributed by atoms with Crippen LogP contribution in [0.15, 0.2) is 24.7 Å². The quantitative estimate of drug-likeness (QED) is 0.290. The first kappa shape index (κ1) is 19.9. The SMILES string of the molecule is C=C(OC(=C)C(C)N1CCOC(I)C1)C(C)N1CCOC(I)C1. The van der Waals surface area contributed by atoms with Gasteiger partial charge in [0.25, 0.3) is 0 Å². The Morgan fingerprint density at radius 3 is 1.70 bits per heavy atom. The molecule has 0 bridgehead atoms. The summed E-state index contributed by atoms with van der Waals surface area (Å²) in [4.78, 5) is 4.69. The summed E-state index contributed by atoms with van der Waals surface area (Å²) >= 11 is 4.65. The Balaban J connectivity index is 1.84. The summed E-state index contributed by atoms with van der Waals surface area (Å²) in [5.41, 5.74) is 0. The van der Waals surface area contributed by atoms with Crippen LogP contribution in [0.25, 0.3) is 0 Å². The Bertz CT molecular complexity index is 398. The fourth-order valence-corrected chi connectivity index (χ4v) is 4.22. The van der Waals surface area contributed by atoms with Gasteiger partial charge in [0.2, 0.25) is 0 Å². The first-order chi connectivity index (χ1) is 10.9. The average Bonchev–Trinajstić information content (AvgIpc) is 2.53. The molecule has 4 unspecified atom stereocenters. The molecule has 0 aliphatic carbocycles. The number of ether oxygens (including phenoxy) is 3. The van der Waals surface area contributed by atoms with Crippen LogP contribution >= 0.6 is 45.2 Å². The molecule has 23 heavy (non-hydrogen) atoms. The minimum absolute atomic E-state index is 0.155. The molecule has 0 aromatic heterocycles. The fraction of sp³-hybridized carbons (Fsp3) is 0.750. The zero-order valence-electron chi connectivity index (χ0n) is 13.8. The van der Waals surface area contributed by atoms with Gasteiger partial charge in [-0.05, 0) is 59.0 Å². The molecule has 2 saturated heterocycles. The first-order valence-corrected chi connectivity index (χ1v) is 10.4. The van der Waals surface area contributed by atoms with Crippen molar-refractivity contribution in [3.8, 4) is 0 Å². The molecule has 4 atom stereocenters. The van der Waals surface area contributed by atoms with Gasteiger partial charge in [-0.15, -0.1) is 0 Å². The molecule has 0 saturated carbocycles. The highest BCUT2D eigenvalue weighted by Crippen LogP contribution is 2.23. The van der Waals surface area contributed by atoms with Crippen LogP contribution in [-0.4, -0.2) is 69.5 Å². The summed E-state index contributed by atoms with van der Waals surface area (Å²) in [5.74, 6) is 1.51. The highest BCUT2D eigenvalue weighted by molar-refractivity contribution is 14.1. The predicted molar refractivity (Wildman–Crippen MR) is 109 cm³/mol. The van der Waals surface area contributed by atoms with E-state index in [0.717, 1.165) is 50.9 Å². The molecule has 7 heteroatoms. The van der Waals surface area contributed by atoms with Crippen molar-refractivity contribution in [1.29, 1.82) is 0 Å². The van der Waals surface area contributed by atoms with Crippen molar-refractivity contribution in [2.75, 3.05) is 39.4 Å². The Morgan fingerprint density at radius 2 is 1.35 bits per heavy atom. The molecule has 0 spiro atoms. The second-order valence-corrected chi connectivity index (χ2v) is 8.72. The molecule has 2 fully saturated rings. The third-order valence-electron chi connectivity index (χ3n) is 4.40. The van der Waals surface area contributed by atoms with Crippen LogP contribution in [0.4, 0.5) is 0 Å². The van der Waals surface area contributed by atoms with Crippen LogP contribution in [0.3, 0.4) is 0 Å².